The molecule has 122 valence electrons. The number of carbonyl (C=O) groups excluding carboxylic acids is 2. The number of benzene rings is 1. The highest BCUT2D eigenvalue weighted by atomic mass is 16.5. The van der Waals surface area contributed by atoms with E-state index in [0.717, 1.165) is 0 Å². The van der Waals surface area contributed by atoms with E-state index >= 15 is 0 Å². The molecule has 1 N–H and O–H groups in total. The number of fused-ring (bicyclic) bond motifs is 1. The molecule has 24 heavy (non-hydrogen) atoms. The Bertz CT molecular complexity index is 825. The van der Waals surface area contributed by atoms with E-state index in [1.807, 2.05) is 0 Å². The molecule has 2 amide bonds. The van der Waals surface area contributed by atoms with Gasteiger partial charge in [-0.15, -0.1) is 5.10 Å². The maximum Gasteiger partial charge on any atom is 0.262 e. The predicted molar refractivity (Wildman–Crippen MR) is 82.0 cm³/mol. The van der Waals surface area contributed by atoms with Crippen molar-refractivity contribution in [2.75, 3.05) is 18.5 Å². The summed E-state index contributed by atoms with van der Waals surface area (Å²) in [6.45, 7) is -0.00119. The molecule has 0 radical (unpaired) electrons. The highest BCUT2D eigenvalue weighted by Crippen LogP contribution is 2.33. The van der Waals surface area contributed by atoms with Gasteiger partial charge < -0.3 is 15.0 Å². The van der Waals surface area contributed by atoms with Crippen molar-refractivity contribution in [2.45, 2.75) is 12.6 Å². The fourth-order valence-electron chi connectivity index (χ4n) is 2.41. The van der Waals surface area contributed by atoms with Crippen molar-refractivity contribution in [1.82, 2.24) is 20.1 Å². The summed E-state index contributed by atoms with van der Waals surface area (Å²) in [6, 6.07) is 8.80. The van der Waals surface area contributed by atoms with Crippen LogP contribution in [0.5, 0.6) is 5.75 Å². The molecular formula is C15H14N6O3. The van der Waals surface area contributed by atoms with Gasteiger partial charge in [-0.05, 0) is 12.1 Å². The zero-order chi connectivity index (χ0) is 17.1. The molecule has 1 aliphatic rings. The fourth-order valence-corrected chi connectivity index (χ4v) is 2.41. The van der Waals surface area contributed by atoms with E-state index in [-0.39, 0.29) is 30.7 Å². The first-order valence-corrected chi connectivity index (χ1v) is 7.19. The van der Waals surface area contributed by atoms with Crippen LogP contribution >= 0.6 is 0 Å². The summed E-state index contributed by atoms with van der Waals surface area (Å²) in [5.74, 6) is -0.140. The monoisotopic (exact) mass is 326 g/mol. The van der Waals surface area contributed by atoms with Gasteiger partial charge in [-0.3, -0.25) is 9.59 Å². The highest BCUT2D eigenvalue weighted by Gasteiger charge is 2.33. The number of hydrogen-bond acceptors (Lipinski definition) is 6. The molecule has 0 saturated carbocycles. The lowest BCUT2D eigenvalue weighted by Crippen LogP contribution is -2.50. The number of amides is 2. The van der Waals surface area contributed by atoms with E-state index in [1.54, 1.807) is 30.3 Å². The summed E-state index contributed by atoms with van der Waals surface area (Å²) < 4.78 is 6.94. The van der Waals surface area contributed by atoms with E-state index in [4.69, 9.17) is 10.00 Å². The van der Waals surface area contributed by atoms with Crippen LogP contribution in [0.2, 0.25) is 0 Å². The lowest BCUT2D eigenvalue weighted by Gasteiger charge is -2.33. The minimum atomic E-state index is -0.792. The summed E-state index contributed by atoms with van der Waals surface area (Å²) in [6.07, 6.45) is 0.526. The topological polar surface area (TPSA) is 113 Å². The van der Waals surface area contributed by atoms with E-state index in [1.165, 1.54) is 23.0 Å². The molecule has 1 aromatic heterocycles. The van der Waals surface area contributed by atoms with Crippen LogP contribution in [-0.4, -0.2) is 46.3 Å². The molecule has 0 bridgehead atoms. The Balaban J connectivity index is 1.85. The summed E-state index contributed by atoms with van der Waals surface area (Å²) in [5.41, 5.74) is 0.586. The number of carbonyl (C=O) groups is 2. The number of likely N-dealkylation sites (N-methyl/N-ethyl adjacent to an activating group) is 1. The Morgan fingerprint density at radius 2 is 2.25 bits per heavy atom. The molecule has 0 spiro atoms. The zero-order valence-corrected chi connectivity index (χ0v) is 12.8. The number of rotatable bonds is 3. The van der Waals surface area contributed by atoms with Crippen LogP contribution in [0.4, 0.5) is 5.69 Å². The summed E-state index contributed by atoms with van der Waals surface area (Å²) >= 11 is 0. The number of nitrogens with one attached hydrogen (secondary N) is 1. The van der Waals surface area contributed by atoms with E-state index in [2.05, 4.69) is 15.4 Å². The van der Waals surface area contributed by atoms with Gasteiger partial charge in [-0.2, -0.15) is 5.26 Å². The molecule has 9 nitrogen and oxygen atoms in total. The number of nitriles is 1. The Labute approximate surface area is 137 Å². The molecule has 0 aliphatic carbocycles. The summed E-state index contributed by atoms with van der Waals surface area (Å²) in [4.78, 5) is 29.8. The van der Waals surface area contributed by atoms with Gasteiger partial charge >= 0.3 is 0 Å². The van der Waals surface area contributed by atoms with Crippen molar-refractivity contribution in [2.24, 2.45) is 0 Å². The molecule has 0 fully saturated rings. The molecule has 0 saturated heterocycles. The number of nitrogens with zero attached hydrogens (tertiary/aromatic N) is 5. The molecule has 1 aliphatic heterocycles. The molecule has 9 heteroatoms. The smallest absolute Gasteiger partial charge is 0.262 e. The summed E-state index contributed by atoms with van der Waals surface area (Å²) in [5, 5.41) is 15.1. The maximum atomic E-state index is 12.7. The molecule has 1 atom stereocenters. The second-order valence-electron chi connectivity index (χ2n) is 5.07. The average Bonchev–Trinajstić information content (AvgIpc) is 3.07. The quantitative estimate of drug-likeness (QED) is 0.828. The largest absolute Gasteiger partial charge is 0.477 e. The van der Waals surface area contributed by atoms with Crippen molar-refractivity contribution in [1.29, 1.82) is 5.26 Å². The number of aromatic nitrogens is 3. The molecule has 1 aromatic carbocycles. The van der Waals surface area contributed by atoms with Crippen LogP contribution in [0.1, 0.15) is 5.82 Å². The number of para-hydroxylation sites is 2. The van der Waals surface area contributed by atoms with Gasteiger partial charge in [-0.1, -0.05) is 12.1 Å². The third-order valence-corrected chi connectivity index (χ3v) is 3.55. The molecule has 2 heterocycles. The third kappa shape index (κ3) is 2.89. The minimum Gasteiger partial charge on any atom is -0.477 e. The Morgan fingerprint density at radius 1 is 1.46 bits per heavy atom. The van der Waals surface area contributed by atoms with Crippen LogP contribution in [0.25, 0.3) is 0 Å². The van der Waals surface area contributed by atoms with Crippen molar-refractivity contribution < 1.29 is 14.3 Å². The SMILES string of the molecule is CNC(=O)[C@H]1CN(C(=O)Cn2cnc(C#N)n2)c2ccccc2O1. The van der Waals surface area contributed by atoms with Gasteiger partial charge in [-0.25, -0.2) is 9.67 Å². The predicted octanol–water partition coefficient (Wildman–Crippen LogP) is -0.310. The van der Waals surface area contributed by atoms with Gasteiger partial charge in [0, 0.05) is 7.05 Å². The molecule has 2 aromatic rings. The van der Waals surface area contributed by atoms with E-state index < -0.39 is 6.10 Å². The second-order valence-corrected chi connectivity index (χ2v) is 5.07. The van der Waals surface area contributed by atoms with Crippen LogP contribution in [0.15, 0.2) is 30.6 Å². The normalized spacial score (nSPS) is 15.8. The van der Waals surface area contributed by atoms with E-state index in [9.17, 15) is 9.59 Å². The zero-order valence-electron chi connectivity index (χ0n) is 12.8. The maximum absolute atomic E-state index is 12.7. The molecular weight excluding hydrogens is 312 g/mol. The Hall–Kier alpha value is -3.41. The van der Waals surface area contributed by atoms with Crippen LogP contribution in [0.3, 0.4) is 0 Å². The van der Waals surface area contributed by atoms with E-state index in [0.29, 0.717) is 11.4 Å². The number of anilines is 1. The first-order chi connectivity index (χ1) is 11.6. The van der Waals surface area contributed by atoms with Gasteiger partial charge in [0.05, 0.1) is 12.2 Å². The third-order valence-electron chi connectivity index (χ3n) is 3.55. The van der Waals surface area contributed by atoms with Gasteiger partial charge in [0.1, 0.15) is 24.7 Å². The Morgan fingerprint density at radius 3 is 2.96 bits per heavy atom. The lowest BCUT2D eigenvalue weighted by molar-refractivity contribution is -0.128. The van der Waals surface area contributed by atoms with Crippen molar-refractivity contribution >= 4 is 17.5 Å². The summed E-state index contributed by atoms with van der Waals surface area (Å²) in [7, 11) is 1.51. The molecule has 3 rings (SSSR count). The van der Waals surface area contributed by atoms with Gasteiger partial charge in [0.2, 0.25) is 5.91 Å². The van der Waals surface area contributed by atoms with Crippen molar-refractivity contribution in [3.63, 3.8) is 0 Å². The highest BCUT2D eigenvalue weighted by molar-refractivity contribution is 5.97. The number of ether oxygens (including phenoxy) is 1. The van der Waals surface area contributed by atoms with Crippen molar-refractivity contribution in [3.05, 3.63) is 36.4 Å². The first-order valence-electron chi connectivity index (χ1n) is 7.19. The Kier molecular flexibility index (Phi) is 4.11. The number of hydrogen-bond donors (Lipinski definition) is 1. The second kappa shape index (κ2) is 6.37. The van der Waals surface area contributed by atoms with Gasteiger partial charge in [0.15, 0.2) is 6.10 Å². The average molecular weight is 326 g/mol. The first kappa shape index (κ1) is 15.5. The van der Waals surface area contributed by atoms with Gasteiger partial charge in [0.25, 0.3) is 11.7 Å². The standard InChI is InChI=1S/C15H14N6O3/c1-17-15(23)12-7-21(10-4-2-3-5-11(10)24-12)14(22)8-20-9-18-13(6-16)19-20/h2-5,9,12H,7-8H2,1H3,(H,17,23)/t12-/m1/s1. The molecule has 0 unspecified atom stereocenters. The lowest BCUT2D eigenvalue weighted by atomic mass is 10.1. The van der Waals surface area contributed by atoms with Crippen molar-refractivity contribution in [3.8, 4) is 11.8 Å². The van der Waals surface area contributed by atoms with Crippen LogP contribution in [-0.2, 0) is 16.1 Å². The van der Waals surface area contributed by atoms with Crippen LogP contribution in [0, 0.1) is 11.3 Å². The fraction of sp³-hybridized carbons (Fsp3) is 0.267. The minimum absolute atomic E-state index is 0.00610. The van der Waals surface area contributed by atoms with Crippen LogP contribution < -0.4 is 15.0 Å².